The SMILES string of the molecule is CCC(=O)C(C)COCCCC[C@@H]1SC[C@@H]2NC(=O)N[C@@H]21. The van der Waals surface area contributed by atoms with Gasteiger partial charge in [0.15, 0.2) is 0 Å². The van der Waals surface area contributed by atoms with Gasteiger partial charge in [-0.3, -0.25) is 4.79 Å². The topological polar surface area (TPSA) is 67.4 Å². The Morgan fingerprint density at radius 3 is 3.00 bits per heavy atom. The number of carbonyl (C=O) groups excluding carboxylic acids is 2. The fraction of sp³-hybridized carbons (Fsp3) is 0.867. The number of carbonyl (C=O) groups is 2. The maximum atomic E-state index is 11.4. The molecule has 2 rings (SSSR count). The molecule has 2 fully saturated rings. The summed E-state index contributed by atoms with van der Waals surface area (Å²) in [5.74, 6) is 1.30. The first kappa shape index (κ1) is 16.6. The number of Topliss-reactive ketones (excluding diaryl/α,β-unsaturated/α-hetero) is 1. The average molecular weight is 314 g/mol. The zero-order valence-corrected chi connectivity index (χ0v) is 13.7. The van der Waals surface area contributed by atoms with Gasteiger partial charge < -0.3 is 15.4 Å². The Labute approximate surface area is 130 Å². The Morgan fingerprint density at radius 2 is 2.24 bits per heavy atom. The van der Waals surface area contributed by atoms with Gasteiger partial charge >= 0.3 is 6.03 Å². The third-order valence-electron chi connectivity index (χ3n) is 4.23. The Balaban J connectivity index is 1.52. The molecule has 0 aliphatic carbocycles. The maximum Gasteiger partial charge on any atom is 0.315 e. The molecule has 2 saturated heterocycles. The summed E-state index contributed by atoms with van der Waals surface area (Å²) in [7, 11) is 0. The molecule has 6 heteroatoms. The van der Waals surface area contributed by atoms with Crippen LogP contribution in [-0.4, -0.2) is 48.1 Å². The van der Waals surface area contributed by atoms with Crippen LogP contribution in [-0.2, 0) is 9.53 Å². The first-order valence-corrected chi connectivity index (χ1v) is 8.95. The van der Waals surface area contributed by atoms with Gasteiger partial charge in [0.2, 0.25) is 0 Å². The van der Waals surface area contributed by atoms with Crippen molar-refractivity contribution >= 4 is 23.6 Å². The lowest BCUT2D eigenvalue weighted by molar-refractivity contribution is -0.123. The highest BCUT2D eigenvalue weighted by atomic mass is 32.2. The van der Waals surface area contributed by atoms with Gasteiger partial charge in [-0.25, -0.2) is 4.79 Å². The monoisotopic (exact) mass is 314 g/mol. The molecule has 2 aliphatic rings. The number of thioether (sulfide) groups is 1. The highest BCUT2D eigenvalue weighted by Crippen LogP contribution is 2.32. The van der Waals surface area contributed by atoms with Crippen molar-refractivity contribution < 1.29 is 14.3 Å². The Kier molecular flexibility index (Phi) is 6.36. The van der Waals surface area contributed by atoms with Crippen molar-refractivity contribution in [2.24, 2.45) is 5.92 Å². The van der Waals surface area contributed by atoms with E-state index in [1.807, 2.05) is 25.6 Å². The van der Waals surface area contributed by atoms with Crippen molar-refractivity contribution in [2.75, 3.05) is 19.0 Å². The highest BCUT2D eigenvalue weighted by molar-refractivity contribution is 8.00. The fourth-order valence-electron chi connectivity index (χ4n) is 2.89. The molecule has 0 radical (unpaired) electrons. The van der Waals surface area contributed by atoms with Gasteiger partial charge in [-0.2, -0.15) is 11.8 Å². The molecular weight excluding hydrogens is 288 g/mol. The van der Waals surface area contributed by atoms with Crippen LogP contribution in [0, 0.1) is 5.92 Å². The molecule has 0 aromatic carbocycles. The van der Waals surface area contributed by atoms with E-state index < -0.39 is 0 Å². The van der Waals surface area contributed by atoms with E-state index in [2.05, 4.69) is 10.6 Å². The molecule has 0 spiro atoms. The number of hydrogen-bond acceptors (Lipinski definition) is 4. The summed E-state index contributed by atoms with van der Waals surface area (Å²) in [5, 5.41) is 6.49. The molecule has 2 aliphatic heterocycles. The van der Waals surface area contributed by atoms with Crippen LogP contribution in [0.5, 0.6) is 0 Å². The largest absolute Gasteiger partial charge is 0.381 e. The lowest BCUT2D eigenvalue weighted by Crippen LogP contribution is -2.36. The van der Waals surface area contributed by atoms with Gasteiger partial charge in [0.05, 0.1) is 18.7 Å². The quantitative estimate of drug-likeness (QED) is 0.504. The molecule has 21 heavy (non-hydrogen) atoms. The molecule has 2 heterocycles. The number of amides is 2. The van der Waals surface area contributed by atoms with Crippen LogP contribution in [0.15, 0.2) is 0 Å². The molecule has 0 saturated carbocycles. The number of ether oxygens (including phenoxy) is 1. The molecule has 2 amide bonds. The fourth-order valence-corrected chi connectivity index (χ4v) is 4.44. The summed E-state index contributed by atoms with van der Waals surface area (Å²) in [6.07, 6.45) is 3.82. The van der Waals surface area contributed by atoms with Crippen molar-refractivity contribution in [3.8, 4) is 0 Å². The van der Waals surface area contributed by atoms with Crippen molar-refractivity contribution in [3.05, 3.63) is 0 Å². The van der Waals surface area contributed by atoms with Gasteiger partial charge in [0.25, 0.3) is 0 Å². The summed E-state index contributed by atoms with van der Waals surface area (Å²) < 4.78 is 5.58. The Morgan fingerprint density at radius 1 is 1.43 bits per heavy atom. The highest BCUT2D eigenvalue weighted by Gasteiger charge is 2.42. The molecule has 0 aromatic heterocycles. The third kappa shape index (κ3) is 4.61. The summed E-state index contributed by atoms with van der Waals surface area (Å²) in [6, 6.07) is 0.587. The smallest absolute Gasteiger partial charge is 0.315 e. The summed E-state index contributed by atoms with van der Waals surface area (Å²) >= 11 is 1.95. The van der Waals surface area contributed by atoms with Crippen LogP contribution in [0.3, 0.4) is 0 Å². The summed E-state index contributed by atoms with van der Waals surface area (Å²) in [6.45, 7) is 5.08. The van der Waals surface area contributed by atoms with E-state index in [9.17, 15) is 9.59 Å². The number of ketones is 1. The first-order valence-electron chi connectivity index (χ1n) is 7.91. The molecule has 0 aromatic rings. The second kappa shape index (κ2) is 8.03. The second-order valence-electron chi connectivity index (χ2n) is 5.91. The van der Waals surface area contributed by atoms with E-state index in [1.165, 1.54) is 0 Å². The lowest BCUT2D eigenvalue weighted by Gasteiger charge is -2.16. The normalized spacial score (nSPS) is 28.9. The number of nitrogens with one attached hydrogen (secondary N) is 2. The van der Waals surface area contributed by atoms with Crippen LogP contribution >= 0.6 is 11.8 Å². The number of rotatable bonds is 9. The minimum atomic E-state index is -0.0202. The van der Waals surface area contributed by atoms with Gasteiger partial charge in [-0.15, -0.1) is 0 Å². The number of hydrogen-bond donors (Lipinski definition) is 2. The minimum Gasteiger partial charge on any atom is -0.381 e. The van der Waals surface area contributed by atoms with Crippen LogP contribution < -0.4 is 10.6 Å². The van der Waals surface area contributed by atoms with Crippen molar-refractivity contribution in [3.63, 3.8) is 0 Å². The van der Waals surface area contributed by atoms with E-state index >= 15 is 0 Å². The van der Waals surface area contributed by atoms with Crippen LogP contribution in [0.2, 0.25) is 0 Å². The van der Waals surface area contributed by atoms with Crippen LogP contribution in [0.1, 0.15) is 39.5 Å². The van der Waals surface area contributed by atoms with Crippen molar-refractivity contribution in [1.82, 2.24) is 10.6 Å². The molecule has 5 nitrogen and oxygen atoms in total. The lowest BCUT2D eigenvalue weighted by atomic mass is 10.0. The Hall–Kier alpha value is -0.750. The molecular formula is C15H26N2O3S. The number of fused-ring (bicyclic) bond motifs is 1. The first-order chi connectivity index (χ1) is 10.1. The minimum absolute atomic E-state index is 0.0147. The third-order valence-corrected chi connectivity index (χ3v) is 5.74. The van der Waals surface area contributed by atoms with E-state index in [4.69, 9.17) is 4.74 Å². The van der Waals surface area contributed by atoms with Crippen molar-refractivity contribution in [2.45, 2.75) is 56.9 Å². The predicted octanol–water partition coefficient (Wildman–Crippen LogP) is 1.95. The molecule has 1 unspecified atom stereocenters. The summed E-state index contributed by atoms with van der Waals surface area (Å²) in [4.78, 5) is 22.7. The van der Waals surface area contributed by atoms with Gasteiger partial charge in [0.1, 0.15) is 5.78 Å². The van der Waals surface area contributed by atoms with Crippen molar-refractivity contribution in [1.29, 1.82) is 0 Å². The number of urea groups is 1. The van der Waals surface area contributed by atoms with E-state index in [0.29, 0.717) is 30.4 Å². The van der Waals surface area contributed by atoms with Gasteiger partial charge in [-0.1, -0.05) is 13.8 Å². The molecule has 120 valence electrons. The van der Waals surface area contributed by atoms with E-state index in [1.54, 1.807) is 0 Å². The van der Waals surface area contributed by atoms with Gasteiger partial charge in [0, 0.05) is 29.9 Å². The molecule has 4 atom stereocenters. The standard InChI is InChI=1S/C15H26N2O3S/c1-3-12(18)10(2)8-20-7-5-4-6-13-14-11(9-21-13)16-15(19)17-14/h10-11,13-14H,3-9H2,1-2H3,(H2,16,17,19)/t10?,11-,13-,14-/m0/s1. The number of unbranched alkanes of at least 4 members (excludes halogenated alkanes) is 1. The molecule has 0 bridgehead atoms. The predicted molar refractivity (Wildman–Crippen MR) is 84.6 cm³/mol. The molecule has 2 N–H and O–H groups in total. The Bertz CT molecular complexity index is 378. The van der Waals surface area contributed by atoms with Gasteiger partial charge in [-0.05, 0) is 19.3 Å². The second-order valence-corrected chi connectivity index (χ2v) is 7.19. The van der Waals surface area contributed by atoms with Crippen LogP contribution in [0.25, 0.3) is 0 Å². The van der Waals surface area contributed by atoms with Crippen LogP contribution in [0.4, 0.5) is 4.79 Å². The van der Waals surface area contributed by atoms with E-state index in [0.717, 1.165) is 31.6 Å². The summed E-state index contributed by atoms with van der Waals surface area (Å²) in [5.41, 5.74) is 0. The van der Waals surface area contributed by atoms with E-state index in [-0.39, 0.29) is 17.7 Å². The zero-order chi connectivity index (χ0) is 15.2. The average Bonchev–Trinajstić information content (AvgIpc) is 3.01. The maximum absolute atomic E-state index is 11.4. The zero-order valence-electron chi connectivity index (χ0n) is 12.9.